The maximum atomic E-state index is 14.1. The van der Waals surface area contributed by atoms with E-state index in [1.807, 2.05) is 64.1 Å². The Morgan fingerprint density at radius 3 is 2.00 bits per heavy atom. The monoisotopic (exact) mass is 575 g/mol. The summed E-state index contributed by atoms with van der Waals surface area (Å²) in [6.07, 6.45) is 4.01. The molecule has 0 bridgehead atoms. The number of carbonyl (C=O) groups is 2. The van der Waals surface area contributed by atoms with Crippen LogP contribution in [0.2, 0.25) is 0 Å². The molecule has 1 aliphatic rings. The van der Waals surface area contributed by atoms with Gasteiger partial charge in [-0.15, -0.1) is 0 Å². The smallest absolute Gasteiger partial charge is 0.264 e. The second-order valence-corrected chi connectivity index (χ2v) is 13.2. The van der Waals surface area contributed by atoms with Crippen LogP contribution in [0, 0.1) is 27.7 Å². The third kappa shape index (κ3) is 7.36. The van der Waals surface area contributed by atoms with E-state index < -0.39 is 28.5 Å². The zero-order valence-electron chi connectivity index (χ0n) is 24.7. The summed E-state index contributed by atoms with van der Waals surface area (Å²) in [5, 5.41) is 3.11. The molecular formula is C33H41N3O4S. The van der Waals surface area contributed by atoms with Crippen molar-refractivity contribution in [2.45, 2.75) is 83.8 Å². The number of carbonyl (C=O) groups excluding carboxylic acids is 2. The van der Waals surface area contributed by atoms with E-state index in [0.717, 1.165) is 53.5 Å². The van der Waals surface area contributed by atoms with Gasteiger partial charge in [0, 0.05) is 12.6 Å². The maximum Gasteiger partial charge on any atom is 0.264 e. The van der Waals surface area contributed by atoms with Crippen LogP contribution in [0.4, 0.5) is 5.69 Å². The van der Waals surface area contributed by atoms with E-state index in [0.29, 0.717) is 5.69 Å². The second kappa shape index (κ2) is 12.9. The van der Waals surface area contributed by atoms with Crippen LogP contribution in [0.1, 0.15) is 60.4 Å². The summed E-state index contributed by atoms with van der Waals surface area (Å²) in [4.78, 5) is 29.1. The van der Waals surface area contributed by atoms with Gasteiger partial charge in [0.2, 0.25) is 11.8 Å². The van der Waals surface area contributed by atoms with Gasteiger partial charge in [-0.05, 0) is 76.8 Å². The molecule has 41 heavy (non-hydrogen) atoms. The first kappa shape index (κ1) is 30.3. The first-order chi connectivity index (χ1) is 19.5. The molecule has 1 N–H and O–H groups in total. The van der Waals surface area contributed by atoms with Crippen molar-refractivity contribution in [1.82, 2.24) is 10.2 Å². The van der Waals surface area contributed by atoms with E-state index in [-0.39, 0.29) is 23.4 Å². The van der Waals surface area contributed by atoms with Crippen LogP contribution in [0.25, 0.3) is 0 Å². The normalized spacial score (nSPS) is 14.5. The lowest BCUT2D eigenvalue weighted by atomic mass is 10.1. The molecule has 7 nitrogen and oxygen atoms in total. The fourth-order valence-corrected chi connectivity index (χ4v) is 6.78. The zero-order chi connectivity index (χ0) is 29.7. The highest BCUT2D eigenvalue weighted by Gasteiger charge is 2.33. The van der Waals surface area contributed by atoms with Crippen molar-refractivity contribution < 1.29 is 18.0 Å². The van der Waals surface area contributed by atoms with E-state index >= 15 is 0 Å². The maximum absolute atomic E-state index is 14.1. The van der Waals surface area contributed by atoms with Crippen LogP contribution in [0.3, 0.4) is 0 Å². The predicted octanol–water partition coefficient (Wildman–Crippen LogP) is 5.59. The Labute approximate surface area is 244 Å². The summed E-state index contributed by atoms with van der Waals surface area (Å²) in [7, 11) is -4.09. The highest BCUT2D eigenvalue weighted by Crippen LogP contribution is 2.28. The molecule has 0 heterocycles. The predicted molar refractivity (Wildman–Crippen MR) is 163 cm³/mol. The largest absolute Gasteiger partial charge is 0.352 e. The third-order valence-electron chi connectivity index (χ3n) is 7.85. The van der Waals surface area contributed by atoms with Gasteiger partial charge < -0.3 is 10.2 Å². The summed E-state index contributed by atoms with van der Waals surface area (Å²) in [5.41, 5.74) is 5.05. The summed E-state index contributed by atoms with van der Waals surface area (Å²) >= 11 is 0. The van der Waals surface area contributed by atoms with Crippen molar-refractivity contribution in [3.8, 4) is 0 Å². The van der Waals surface area contributed by atoms with Crippen LogP contribution in [-0.4, -0.2) is 43.8 Å². The topological polar surface area (TPSA) is 86.8 Å². The van der Waals surface area contributed by atoms with E-state index in [2.05, 4.69) is 5.32 Å². The van der Waals surface area contributed by atoms with E-state index in [1.165, 1.54) is 9.21 Å². The highest BCUT2D eigenvalue weighted by molar-refractivity contribution is 7.92. The van der Waals surface area contributed by atoms with Crippen molar-refractivity contribution in [3.05, 3.63) is 94.5 Å². The molecule has 3 aromatic carbocycles. The number of nitrogens with one attached hydrogen (secondary N) is 1. The Morgan fingerprint density at radius 1 is 0.854 bits per heavy atom. The first-order valence-electron chi connectivity index (χ1n) is 14.3. The van der Waals surface area contributed by atoms with Gasteiger partial charge in [-0.25, -0.2) is 8.42 Å². The fraction of sp³-hybridized carbons (Fsp3) is 0.394. The molecule has 1 saturated carbocycles. The van der Waals surface area contributed by atoms with E-state index in [1.54, 1.807) is 37.3 Å². The molecule has 0 aromatic heterocycles. The standard InChI is InChI=1S/C33H41N3O4S/c1-23-10-15-28(16-11-23)21-35(27(5)33(38)34-29-8-6-7-9-29)32(37)22-36(31-19-14-25(3)20-26(31)4)41(39,40)30-17-12-24(2)13-18-30/h10-20,27,29H,6-9,21-22H2,1-5H3,(H,34,38)/t27-/m1/s1. The Kier molecular flexibility index (Phi) is 9.53. The first-order valence-corrected chi connectivity index (χ1v) is 15.7. The number of amides is 2. The molecule has 1 atom stereocenters. The van der Waals surface area contributed by atoms with Crippen molar-refractivity contribution >= 4 is 27.5 Å². The van der Waals surface area contributed by atoms with Crippen molar-refractivity contribution in [2.24, 2.45) is 0 Å². The zero-order valence-corrected chi connectivity index (χ0v) is 25.5. The van der Waals surface area contributed by atoms with Crippen LogP contribution < -0.4 is 9.62 Å². The summed E-state index contributed by atoms with van der Waals surface area (Å²) in [6.45, 7) is 9.12. The minimum atomic E-state index is -4.09. The van der Waals surface area contributed by atoms with Gasteiger partial charge >= 0.3 is 0 Å². The number of hydrogen-bond donors (Lipinski definition) is 1. The number of aryl methyl sites for hydroxylation is 4. The lowest BCUT2D eigenvalue weighted by Gasteiger charge is -2.33. The van der Waals surface area contributed by atoms with Gasteiger partial charge in [0.1, 0.15) is 12.6 Å². The Hall–Kier alpha value is -3.65. The number of sulfonamides is 1. The van der Waals surface area contributed by atoms with Crippen LogP contribution in [0.15, 0.2) is 71.6 Å². The van der Waals surface area contributed by atoms with Crippen LogP contribution >= 0.6 is 0 Å². The molecule has 218 valence electrons. The van der Waals surface area contributed by atoms with Crippen LogP contribution in [-0.2, 0) is 26.2 Å². The van der Waals surface area contributed by atoms with Gasteiger partial charge in [-0.3, -0.25) is 13.9 Å². The SMILES string of the molecule is Cc1ccc(CN(C(=O)CN(c2ccc(C)cc2C)S(=O)(=O)c2ccc(C)cc2)[C@H](C)C(=O)NC2CCCC2)cc1. The van der Waals surface area contributed by atoms with Gasteiger partial charge in [0.05, 0.1) is 10.6 Å². The molecule has 1 fully saturated rings. The minimum Gasteiger partial charge on any atom is -0.352 e. The quantitative estimate of drug-likeness (QED) is 0.341. The third-order valence-corrected chi connectivity index (χ3v) is 9.63. The number of nitrogens with zero attached hydrogens (tertiary/aromatic N) is 2. The summed E-state index contributed by atoms with van der Waals surface area (Å²) in [6, 6.07) is 19.2. The number of rotatable bonds is 10. The lowest BCUT2D eigenvalue weighted by molar-refractivity contribution is -0.139. The Bertz CT molecular complexity index is 1480. The molecule has 0 unspecified atom stereocenters. The molecule has 1 aliphatic carbocycles. The molecule has 2 amide bonds. The van der Waals surface area contributed by atoms with Gasteiger partial charge in [-0.1, -0.05) is 78.1 Å². The molecule has 0 aliphatic heterocycles. The average Bonchev–Trinajstić information content (AvgIpc) is 3.44. The average molecular weight is 576 g/mol. The summed E-state index contributed by atoms with van der Waals surface area (Å²) < 4.78 is 29.3. The van der Waals surface area contributed by atoms with E-state index in [4.69, 9.17) is 0 Å². The fourth-order valence-electron chi connectivity index (χ4n) is 5.30. The Balaban J connectivity index is 1.70. The number of hydrogen-bond acceptors (Lipinski definition) is 4. The molecule has 0 spiro atoms. The number of anilines is 1. The number of benzene rings is 3. The van der Waals surface area contributed by atoms with Gasteiger partial charge in [0.15, 0.2) is 0 Å². The summed E-state index contributed by atoms with van der Waals surface area (Å²) in [5.74, 6) is -0.674. The van der Waals surface area contributed by atoms with Crippen LogP contribution in [0.5, 0.6) is 0 Å². The second-order valence-electron chi connectivity index (χ2n) is 11.3. The molecule has 0 radical (unpaired) electrons. The molecule has 0 saturated heterocycles. The highest BCUT2D eigenvalue weighted by atomic mass is 32.2. The molecular weight excluding hydrogens is 534 g/mol. The van der Waals surface area contributed by atoms with Crippen molar-refractivity contribution in [1.29, 1.82) is 0 Å². The molecule has 3 aromatic rings. The lowest BCUT2D eigenvalue weighted by Crippen LogP contribution is -2.52. The van der Waals surface area contributed by atoms with Gasteiger partial charge in [0.25, 0.3) is 10.0 Å². The molecule has 4 rings (SSSR count). The van der Waals surface area contributed by atoms with Crippen molar-refractivity contribution in [3.63, 3.8) is 0 Å². The molecule has 8 heteroatoms. The van der Waals surface area contributed by atoms with E-state index in [9.17, 15) is 18.0 Å². The van der Waals surface area contributed by atoms with Crippen molar-refractivity contribution in [2.75, 3.05) is 10.8 Å². The van der Waals surface area contributed by atoms with Gasteiger partial charge in [-0.2, -0.15) is 0 Å². The Morgan fingerprint density at radius 2 is 1.41 bits per heavy atom. The minimum absolute atomic E-state index is 0.105.